The first-order valence-corrected chi connectivity index (χ1v) is 8.46. The topological polar surface area (TPSA) is 45.2 Å². The van der Waals surface area contributed by atoms with Gasteiger partial charge >= 0.3 is 0 Å². The molecule has 124 valence electrons. The molecule has 0 saturated carbocycles. The highest BCUT2D eigenvalue weighted by Gasteiger charge is 2.18. The first kappa shape index (κ1) is 16.5. The molecule has 0 aliphatic heterocycles. The van der Waals surface area contributed by atoms with Crippen molar-refractivity contribution < 1.29 is 9.18 Å². The number of anilines is 1. The van der Waals surface area contributed by atoms with Crippen molar-refractivity contribution in [1.82, 2.24) is 9.88 Å². The van der Waals surface area contributed by atoms with E-state index in [1.165, 1.54) is 12.1 Å². The van der Waals surface area contributed by atoms with Gasteiger partial charge in [-0.05, 0) is 50.4 Å². The molecule has 0 aliphatic carbocycles. The van der Waals surface area contributed by atoms with Crippen molar-refractivity contribution in [2.24, 2.45) is 0 Å². The Morgan fingerprint density at radius 2 is 1.96 bits per heavy atom. The van der Waals surface area contributed by atoms with Crippen LogP contribution in [0, 0.1) is 5.82 Å². The Morgan fingerprint density at radius 1 is 1.25 bits per heavy atom. The van der Waals surface area contributed by atoms with E-state index < -0.39 is 0 Å². The van der Waals surface area contributed by atoms with E-state index in [0.29, 0.717) is 5.69 Å². The van der Waals surface area contributed by atoms with Gasteiger partial charge in [-0.25, -0.2) is 9.37 Å². The first-order valence-electron chi connectivity index (χ1n) is 7.64. The molecule has 0 spiro atoms. The Bertz CT molecular complexity index is 814. The molecule has 4 nitrogen and oxygen atoms in total. The van der Waals surface area contributed by atoms with Crippen molar-refractivity contribution in [3.05, 3.63) is 59.4 Å². The zero-order valence-electron chi connectivity index (χ0n) is 13.5. The first-order chi connectivity index (χ1) is 11.5. The predicted molar refractivity (Wildman–Crippen MR) is 95.7 cm³/mol. The van der Waals surface area contributed by atoms with Crippen molar-refractivity contribution in [2.75, 3.05) is 18.9 Å². The van der Waals surface area contributed by atoms with Gasteiger partial charge in [0.2, 0.25) is 5.91 Å². The Morgan fingerprint density at radius 3 is 2.67 bits per heavy atom. The number of rotatable bonds is 5. The number of para-hydroxylation sites is 1. The Balaban J connectivity index is 1.63. The summed E-state index contributed by atoms with van der Waals surface area (Å²) in [6.45, 7) is 2.26. The zero-order valence-corrected chi connectivity index (χ0v) is 14.3. The van der Waals surface area contributed by atoms with Crippen LogP contribution in [0.5, 0.6) is 0 Å². The fraction of sp³-hybridized carbons (Fsp3) is 0.222. The minimum atomic E-state index is -0.324. The van der Waals surface area contributed by atoms with Gasteiger partial charge in [0.25, 0.3) is 0 Å². The summed E-state index contributed by atoms with van der Waals surface area (Å²) in [4.78, 5) is 18.7. The van der Waals surface area contributed by atoms with E-state index in [0.717, 1.165) is 15.2 Å². The normalized spacial score (nSPS) is 12.5. The molecule has 1 unspecified atom stereocenters. The fourth-order valence-electron chi connectivity index (χ4n) is 2.35. The Kier molecular flexibility index (Phi) is 4.87. The van der Waals surface area contributed by atoms with Crippen LogP contribution in [0.3, 0.4) is 0 Å². The number of fused-ring (bicyclic) bond motifs is 1. The van der Waals surface area contributed by atoms with Crippen LogP contribution in [0.4, 0.5) is 10.1 Å². The van der Waals surface area contributed by atoms with Crippen LogP contribution < -0.4 is 5.32 Å². The van der Waals surface area contributed by atoms with Crippen LogP contribution >= 0.6 is 11.3 Å². The summed E-state index contributed by atoms with van der Waals surface area (Å²) in [5.41, 5.74) is 1.57. The summed E-state index contributed by atoms with van der Waals surface area (Å²) in [5, 5.41) is 3.75. The van der Waals surface area contributed by atoms with E-state index in [1.54, 1.807) is 23.5 Å². The molecule has 1 N–H and O–H groups in total. The second-order valence-corrected chi connectivity index (χ2v) is 6.73. The maximum Gasteiger partial charge on any atom is 0.238 e. The van der Waals surface area contributed by atoms with Crippen molar-refractivity contribution in [1.29, 1.82) is 0 Å². The molecule has 24 heavy (non-hydrogen) atoms. The van der Waals surface area contributed by atoms with E-state index in [9.17, 15) is 9.18 Å². The number of thiazole rings is 1. The van der Waals surface area contributed by atoms with Crippen molar-refractivity contribution in [3.8, 4) is 0 Å². The van der Waals surface area contributed by atoms with Gasteiger partial charge < -0.3 is 5.32 Å². The van der Waals surface area contributed by atoms with Gasteiger partial charge in [-0.1, -0.05) is 12.1 Å². The number of halogens is 1. The minimum absolute atomic E-state index is 0.0290. The standard InChI is InChI=1S/C18H18FN3OS/c1-12(18-21-15-5-3-4-6-16(15)24-18)22(2)11-17(23)20-14-9-7-13(19)8-10-14/h3-10,12H,11H2,1-2H3,(H,20,23). The van der Waals surface area contributed by atoms with Gasteiger partial charge in [0.1, 0.15) is 10.8 Å². The second kappa shape index (κ2) is 7.07. The summed E-state index contributed by atoms with van der Waals surface area (Å²) in [6.07, 6.45) is 0. The number of nitrogens with one attached hydrogen (secondary N) is 1. The molecule has 1 heterocycles. The maximum absolute atomic E-state index is 12.9. The van der Waals surface area contributed by atoms with Crippen LogP contribution in [0.25, 0.3) is 10.2 Å². The lowest BCUT2D eigenvalue weighted by Crippen LogP contribution is -2.32. The summed E-state index contributed by atoms with van der Waals surface area (Å²) >= 11 is 1.64. The van der Waals surface area contributed by atoms with E-state index in [-0.39, 0.29) is 24.3 Å². The second-order valence-electron chi connectivity index (χ2n) is 5.67. The molecule has 1 aromatic heterocycles. The lowest BCUT2D eigenvalue weighted by molar-refractivity contribution is -0.117. The summed E-state index contributed by atoms with van der Waals surface area (Å²) in [6, 6.07) is 13.8. The third-order valence-electron chi connectivity index (χ3n) is 3.85. The molecule has 0 radical (unpaired) electrons. The molecule has 0 aliphatic rings. The molecule has 0 bridgehead atoms. The molecule has 0 saturated heterocycles. The van der Waals surface area contributed by atoms with Crippen LogP contribution in [-0.2, 0) is 4.79 Å². The number of likely N-dealkylation sites (N-methyl/N-ethyl adjacent to an activating group) is 1. The van der Waals surface area contributed by atoms with Crippen molar-refractivity contribution in [3.63, 3.8) is 0 Å². The zero-order chi connectivity index (χ0) is 17.1. The van der Waals surface area contributed by atoms with Gasteiger partial charge in [0.15, 0.2) is 0 Å². The van der Waals surface area contributed by atoms with E-state index in [1.807, 2.05) is 43.1 Å². The largest absolute Gasteiger partial charge is 0.325 e. The van der Waals surface area contributed by atoms with Gasteiger partial charge in [-0.2, -0.15) is 0 Å². The van der Waals surface area contributed by atoms with Crippen LogP contribution in [0.1, 0.15) is 18.0 Å². The van der Waals surface area contributed by atoms with Gasteiger partial charge in [-0.3, -0.25) is 9.69 Å². The minimum Gasteiger partial charge on any atom is -0.325 e. The number of aromatic nitrogens is 1. The quantitative estimate of drug-likeness (QED) is 0.760. The number of nitrogens with zero attached hydrogens (tertiary/aromatic N) is 2. The number of carbonyl (C=O) groups excluding carboxylic acids is 1. The van der Waals surface area contributed by atoms with Gasteiger partial charge in [-0.15, -0.1) is 11.3 Å². The summed E-state index contributed by atoms with van der Waals surface area (Å²) in [5.74, 6) is -0.466. The molecule has 3 rings (SSSR count). The van der Waals surface area contributed by atoms with Crippen molar-refractivity contribution in [2.45, 2.75) is 13.0 Å². The molecule has 3 aromatic rings. The SMILES string of the molecule is CC(c1nc2ccccc2s1)N(C)CC(=O)Nc1ccc(F)cc1. The lowest BCUT2D eigenvalue weighted by atomic mass is 10.3. The maximum atomic E-state index is 12.9. The van der Waals surface area contributed by atoms with Crippen molar-refractivity contribution >= 4 is 33.1 Å². The predicted octanol–water partition coefficient (Wildman–Crippen LogP) is 4.07. The Labute approximate surface area is 143 Å². The number of carbonyl (C=O) groups is 1. The highest BCUT2D eigenvalue weighted by atomic mass is 32.1. The molecule has 0 fully saturated rings. The molecule has 1 amide bonds. The third-order valence-corrected chi connectivity index (χ3v) is 5.06. The average molecular weight is 343 g/mol. The summed E-state index contributed by atoms with van der Waals surface area (Å²) < 4.78 is 14.0. The molecule has 1 atom stereocenters. The molecule has 6 heteroatoms. The molecule has 2 aromatic carbocycles. The van der Waals surface area contributed by atoms with Gasteiger partial charge in [0, 0.05) is 5.69 Å². The van der Waals surface area contributed by atoms with E-state index in [2.05, 4.69) is 10.3 Å². The van der Waals surface area contributed by atoms with Crippen LogP contribution in [0.2, 0.25) is 0 Å². The van der Waals surface area contributed by atoms with Crippen LogP contribution in [0.15, 0.2) is 48.5 Å². The number of hydrogen-bond donors (Lipinski definition) is 1. The third kappa shape index (κ3) is 3.77. The Hall–Kier alpha value is -2.31. The smallest absolute Gasteiger partial charge is 0.238 e. The fourth-order valence-corrected chi connectivity index (χ4v) is 3.44. The highest BCUT2D eigenvalue weighted by molar-refractivity contribution is 7.18. The van der Waals surface area contributed by atoms with Crippen LogP contribution in [-0.4, -0.2) is 29.4 Å². The number of benzene rings is 2. The molecular formula is C18H18FN3OS. The van der Waals surface area contributed by atoms with E-state index in [4.69, 9.17) is 0 Å². The van der Waals surface area contributed by atoms with E-state index >= 15 is 0 Å². The number of amides is 1. The average Bonchev–Trinajstić information content (AvgIpc) is 3.00. The monoisotopic (exact) mass is 343 g/mol. The van der Waals surface area contributed by atoms with Gasteiger partial charge in [0.05, 0.1) is 22.8 Å². The molecular weight excluding hydrogens is 325 g/mol. The lowest BCUT2D eigenvalue weighted by Gasteiger charge is -2.22. The number of hydrogen-bond acceptors (Lipinski definition) is 4. The highest BCUT2D eigenvalue weighted by Crippen LogP contribution is 2.28. The summed E-state index contributed by atoms with van der Waals surface area (Å²) in [7, 11) is 1.89.